The zero-order valence-corrected chi connectivity index (χ0v) is 16.1. The largest absolute Gasteiger partial charge is 0.322 e. The first kappa shape index (κ1) is 19.9. The van der Waals surface area contributed by atoms with E-state index in [1.54, 1.807) is 17.6 Å². The van der Waals surface area contributed by atoms with Gasteiger partial charge in [-0.3, -0.25) is 14.9 Å². The van der Waals surface area contributed by atoms with Crippen LogP contribution in [0.25, 0.3) is 0 Å². The van der Waals surface area contributed by atoms with Gasteiger partial charge in [0, 0.05) is 43.0 Å². The monoisotopic (exact) mass is 382 g/mol. The van der Waals surface area contributed by atoms with Gasteiger partial charge in [0.25, 0.3) is 5.91 Å². The Bertz CT molecular complexity index is 798. The first-order valence-corrected chi connectivity index (χ1v) is 9.38. The summed E-state index contributed by atoms with van der Waals surface area (Å²) in [7, 11) is 0. The molecule has 2 aromatic rings. The van der Waals surface area contributed by atoms with E-state index in [1.807, 2.05) is 47.4 Å². The molecule has 7 nitrogen and oxygen atoms in total. The van der Waals surface area contributed by atoms with Crippen LogP contribution in [0.5, 0.6) is 0 Å². The number of urea groups is 1. The second-order valence-electron chi connectivity index (χ2n) is 7.23. The minimum Gasteiger partial charge on any atom is -0.317 e. The molecule has 0 unspecified atom stereocenters. The van der Waals surface area contributed by atoms with E-state index in [-0.39, 0.29) is 18.1 Å². The Labute approximate surface area is 164 Å². The predicted molar refractivity (Wildman–Crippen MR) is 107 cm³/mol. The van der Waals surface area contributed by atoms with Crippen molar-refractivity contribution in [3.63, 3.8) is 0 Å². The fraction of sp³-hybridized carbons (Fsp3) is 0.333. The number of nitrogens with zero attached hydrogens (tertiary/aromatic N) is 2. The minimum atomic E-state index is -0.521. The van der Waals surface area contributed by atoms with Gasteiger partial charge in [-0.2, -0.15) is 0 Å². The molecular formula is C21H26N4O3. The molecule has 0 saturated carbocycles. The molecule has 0 radical (unpaired) electrons. The number of para-hydroxylation sites is 1. The Morgan fingerprint density at radius 1 is 1.00 bits per heavy atom. The van der Waals surface area contributed by atoms with Crippen molar-refractivity contribution in [1.82, 2.24) is 15.3 Å². The first-order chi connectivity index (χ1) is 13.5. The van der Waals surface area contributed by atoms with Gasteiger partial charge < -0.3 is 10.2 Å². The molecule has 0 aliphatic carbocycles. The Kier molecular flexibility index (Phi) is 6.28. The Morgan fingerprint density at radius 2 is 1.61 bits per heavy atom. The smallest absolute Gasteiger partial charge is 0.317 e. The lowest BCUT2D eigenvalue weighted by molar-refractivity contribution is 0.0656. The maximum absolute atomic E-state index is 12.7. The molecule has 1 fully saturated rings. The standard InChI is InChI=1S/C21H26N4O3/c1-15-12-24(14-17-8-10-18(11-9-17)20(26)23-28)13-16(2)25(15)21(27)22-19-6-4-3-5-7-19/h3-11,15-16,28H,12-14H2,1-2H3,(H,22,27)(H,23,26)/t15-,16+. The van der Waals surface area contributed by atoms with Crippen LogP contribution in [0.4, 0.5) is 10.5 Å². The topological polar surface area (TPSA) is 84.9 Å². The van der Waals surface area contributed by atoms with Crippen molar-refractivity contribution in [3.8, 4) is 0 Å². The van der Waals surface area contributed by atoms with Crippen molar-refractivity contribution in [2.45, 2.75) is 32.5 Å². The van der Waals surface area contributed by atoms with E-state index in [1.165, 1.54) is 0 Å². The lowest BCUT2D eigenvalue weighted by atomic mass is 10.1. The number of rotatable bonds is 4. The lowest BCUT2D eigenvalue weighted by Crippen LogP contribution is -2.59. The lowest BCUT2D eigenvalue weighted by Gasteiger charge is -2.44. The van der Waals surface area contributed by atoms with E-state index in [2.05, 4.69) is 24.1 Å². The number of hydrogen-bond acceptors (Lipinski definition) is 4. The molecule has 3 N–H and O–H groups in total. The summed E-state index contributed by atoms with van der Waals surface area (Å²) in [5.41, 5.74) is 3.92. The predicted octanol–water partition coefficient (Wildman–Crippen LogP) is 2.93. The summed E-state index contributed by atoms with van der Waals surface area (Å²) in [5, 5.41) is 11.7. The number of hydroxylamine groups is 1. The third kappa shape index (κ3) is 4.68. The van der Waals surface area contributed by atoms with Gasteiger partial charge in [0.2, 0.25) is 0 Å². The van der Waals surface area contributed by atoms with Crippen molar-refractivity contribution in [1.29, 1.82) is 0 Å². The van der Waals surface area contributed by atoms with E-state index < -0.39 is 5.91 Å². The van der Waals surface area contributed by atoms with Gasteiger partial charge in [-0.1, -0.05) is 30.3 Å². The van der Waals surface area contributed by atoms with Crippen molar-refractivity contribution in [3.05, 3.63) is 65.7 Å². The van der Waals surface area contributed by atoms with E-state index in [9.17, 15) is 9.59 Å². The summed E-state index contributed by atoms with van der Waals surface area (Å²) in [6, 6.07) is 16.7. The average Bonchev–Trinajstić information content (AvgIpc) is 2.68. The summed E-state index contributed by atoms with van der Waals surface area (Å²) in [6.45, 7) is 6.39. The zero-order chi connectivity index (χ0) is 20.1. The number of carbonyl (C=O) groups is 2. The Morgan fingerprint density at radius 3 is 2.18 bits per heavy atom. The van der Waals surface area contributed by atoms with Crippen LogP contribution < -0.4 is 10.8 Å². The first-order valence-electron chi connectivity index (χ1n) is 9.38. The molecule has 1 heterocycles. The van der Waals surface area contributed by atoms with E-state index in [0.717, 1.165) is 30.9 Å². The molecule has 0 bridgehead atoms. The molecule has 3 amide bonds. The van der Waals surface area contributed by atoms with Gasteiger partial charge in [0.1, 0.15) is 0 Å². The maximum atomic E-state index is 12.7. The number of carbonyl (C=O) groups excluding carboxylic acids is 2. The molecule has 2 atom stereocenters. The third-order valence-electron chi connectivity index (χ3n) is 4.98. The van der Waals surface area contributed by atoms with Gasteiger partial charge in [0.05, 0.1) is 0 Å². The molecule has 7 heteroatoms. The normalized spacial score (nSPS) is 19.9. The Balaban J connectivity index is 1.59. The van der Waals surface area contributed by atoms with Crippen LogP contribution in [0.2, 0.25) is 0 Å². The van der Waals surface area contributed by atoms with Gasteiger partial charge >= 0.3 is 6.03 Å². The quantitative estimate of drug-likeness (QED) is 0.561. The number of benzene rings is 2. The highest BCUT2D eigenvalue weighted by molar-refractivity contribution is 5.93. The fourth-order valence-corrected chi connectivity index (χ4v) is 3.76. The molecule has 1 saturated heterocycles. The second kappa shape index (κ2) is 8.86. The molecule has 0 spiro atoms. The maximum Gasteiger partial charge on any atom is 0.322 e. The Hall–Kier alpha value is -2.90. The molecule has 0 aromatic heterocycles. The van der Waals surface area contributed by atoms with Crippen LogP contribution >= 0.6 is 0 Å². The highest BCUT2D eigenvalue weighted by atomic mass is 16.5. The van der Waals surface area contributed by atoms with E-state index in [4.69, 9.17) is 5.21 Å². The van der Waals surface area contributed by atoms with Crippen LogP contribution in [0.1, 0.15) is 29.8 Å². The van der Waals surface area contributed by atoms with Crippen molar-refractivity contribution in [2.24, 2.45) is 0 Å². The van der Waals surface area contributed by atoms with E-state index in [0.29, 0.717) is 5.56 Å². The average molecular weight is 382 g/mol. The van der Waals surface area contributed by atoms with Crippen LogP contribution in [0.3, 0.4) is 0 Å². The highest BCUT2D eigenvalue weighted by Crippen LogP contribution is 2.20. The molecule has 1 aliphatic rings. The summed E-state index contributed by atoms with van der Waals surface area (Å²) >= 11 is 0. The van der Waals surface area contributed by atoms with Gasteiger partial charge in [-0.25, -0.2) is 10.3 Å². The number of piperazine rings is 1. The summed E-state index contributed by atoms with van der Waals surface area (Å²) < 4.78 is 0. The zero-order valence-electron chi connectivity index (χ0n) is 16.1. The van der Waals surface area contributed by atoms with Crippen molar-refractivity contribution < 1.29 is 14.8 Å². The van der Waals surface area contributed by atoms with Gasteiger partial charge in [-0.15, -0.1) is 0 Å². The van der Waals surface area contributed by atoms with Crippen LogP contribution in [-0.2, 0) is 6.54 Å². The highest BCUT2D eigenvalue weighted by Gasteiger charge is 2.32. The molecular weight excluding hydrogens is 356 g/mol. The molecule has 148 valence electrons. The van der Waals surface area contributed by atoms with Gasteiger partial charge in [0.15, 0.2) is 0 Å². The SMILES string of the molecule is C[C@@H]1CN(Cc2ccc(C(=O)NO)cc2)C[C@H](C)N1C(=O)Nc1ccccc1. The minimum absolute atomic E-state index is 0.0758. The number of amides is 3. The third-order valence-corrected chi connectivity index (χ3v) is 4.98. The molecule has 3 rings (SSSR count). The number of nitrogens with one attached hydrogen (secondary N) is 2. The van der Waals surface area contributed by atoms with Crippen LogP contribution in [0, 0.1) is 0 Å². The van der Waals surface area contributed by atoms with Crippen LogP contribution in [0.15, 0.2) is 54.6 Å². The van der Waals surface area contributed by atoms with Crippen molar-refractivity contribution >= 4 is 17.6 Å². The molecule has 2 aromatic carbocycles. The fourth-order valence-electron chi connectivity index (χ4n) is 3.76. The molecule has 28 heavy (non-hydrogen) atoms. The van der Waals surface area contributed by atoms with Crippen molar-refractivity contribution in [2.75, 3.05) is 18.4 Å². The number of anilines is 1. The van der Waals surface area contributed by atoms with Gasteiger partial charge in [-0.05, 0) is 43.7 Å². The second-order valence-corrected chi connectivity index (χ2v) is 7.23. The molecule has 1 aliphatic heterocycles. The van der Waals surface area contributed by atoms with Crippen LogP contribution in [-0.4, -0.2) is 52.1 Å². The summed E-state index contributed by atoms with van der Waals surface area (Å²) in [4.78, 5) is 28.3. The summed E-state index contributed by atoms with van der Waals surface area (Å²) in [5.74, 6) is -0.521. The summed E-state index contributed by atoms with van der Waals surface area (Å²) in [6.07, 6.45) is 0. The van der Waals surface area contributed by atoms with E-state index >= 15 is 0 Å². The number of hydrogen-bond donors (Lipinski definition) is 3.